The Morgan fingerprint density at radius 2 is 1.70 bits per heavy atom. The molecule has 2 rings (SSSR count). The van der Waals surface area contributed by atoms with E-state index in [1.54, 1.807) is 26.0 Å². The van der Waals surface area contributed by atoms with Crippen LogP contribution in [0.25, 0.3) is 0 Å². The number of sulfone groups is 1. The van der Waals surface area contributed by atoms with Crippen LogP contribution in [0.2, 0.25) is 0 Å². The van der Waals surface area contributed by atoms with Gasteiger partial charge in [0.05, 0.1) is 10.6 Å². The van der Waals surface area contributed by atoms with E-state index in [-0.39, 0.29) is 5.75 Å². The van der Waals surface area contributed by atoms with Crippen LogP contribution in [0.1, 0.15) is 30.5 Å². The highest BCUT2D eigenvalue weighted by Crippen LogP contribution is 2.26. The molecule has 2 aromatic rings. The Labute approximate surface area is 138 Å². The summed E-state index contributed by atoms with van der Waals surface area (Å²) in [6, 6.07) is 15.1. The molecule has 0 aliphatic carbocycles. The Morgan fingerprint density at radius 3 is 2.30 bits per heavy atom. The lowest BCUT2D eigenvalue weighted by Crippen LogP contribution is -2.26. The van der Waals surface area contributed by atoms with Crippen molar-refractivity contribution in [3.05, 3.63) is 65.2 Å². The molecule has 3 nitrogen and oxygen atoms in total. The minimum absolute atomic E-state index is 0.186. The van der Waals surface area contributed by atoms with Crippen LogP contribution in [0.4, 0.5) is 0 Å². The number of carbonyl (C=O) groups is 1. The third-order valence-electron chi connectivity index (χ3n) is 3.67. The molecule has 0 amide bonds. The van der Waals surface area contributed by atoms with Gasteiger partial charge in [-0.2, -0.15) is 0 Å². The number of hydrogen-bond donors (Lipinski definition) is 0. The highest BCUT2D eigenvalue weighted by molar-refractivity contribution is 7.91. The summed E-state index contributed by atoms with van der Waals surface area (Å²) >= 11 is 0. The van der Waals surface area contributed by atoms with Crippen molar-refractivity contribution in [3.63, 3.8) is 0 Å². The minimum Gasteiger partial charge on any atom is -0.303 e. The van der Waals surface area contributed by atoms with Crippen molar-refractivity contribution in [2.75, 3.05) is 5.75 Å². The zero-order valence-electron chi connectivity index (χ0n) is 13.7. The van der Waals surface area contributed by atoms with Gasteiger partial charge in [0.15, 0.2) is 9.84 Å². The van der Waals surface area contributed by atoms with E-state index in [0.29, 0.717) is 17.6 Å². The summed E-state index contributed by atoms with van der Waals surface area (Å²) in [5.74, 6) is -0.186. The molecule has 0 aliphatic rings. The number of aryl methyl sites for hydroxylation is 1. The first-order valence-electron chi connectivity index (χ1n) is 7.56. The van der Waals surface area contributed by atoms with Crippen LogP contribution >= 0.6 is 0 Å². The molecule has 0 unspecified atom stereocenters. The number of carbonyl (C=O) groups excluding carboxylic acids is 1. The molecule has 0 saturated heterocycles. The van der Waals surface area contributed by atoms with Crippen molar-refractivity contribution in [1.29, 1.82) is 0 Å². The Bertz CT molecular complexity index is 791. The molecule has 0 heterocycles. The zero-order chi connectivity index (χ0) is 17.1. The maximum absolute atomic E-state index is 12.8. The molecule has 0 bridgehead atoms. The summed E-state index contributed by atoms with van der Waals surface area (Å²) in [6.45, 7) is 5.23. The maximum atomic E-state index is 12.8. The van der Waals surface area contributed by atoms with E-state index in [4.69, 9.17) is 0 Å². The lowest BCUT2D eigenvalue weighted by atomic mass is 10.00. The Balaban J connectivity index is 2.45. The van der Waals surface area contributed by atoms with E-state index in [0.717, 1.165) is 16.7 Å². The molecule has 0 aromatic heterocycles. The van der Waals surface area contributed by atoms with Crippen LogP contribution in [-0.2, 0) is 21.1 Å². The normalized spacial score (nSPS) is 12.1. The predicted octanol–water partition coefficient (Wildman–Crippen LogP) is 3.58. The molecule has 122 valence electrons. The van der Waals surface area contributed by atoms with Gasteiger partial charge in [-0.1, -0.05) is 61.9 Å². The van der Waals surface area contributed by atoms with Gasteiger partial charge in [-0.3, -0.25) is 0 Å². The second-order valence-corrected chi connectivity index (χ2v) is 8.60. The second-order valence-electron chi connectivity index (χ2n) is 6.64. The lowest BCUT2D eigenvalue weighted by molar-refractivity contribution is -0.113. The SMILES string of the molecule is Cc1ccc(S(=O)(=O)CC(C)(C)C=O)c(Cc2ccccc2)c1. The fraction of sp³-hybridized carbons (Fsp3) is 0.316. The maximum Gasteiger partial charge on any atom is 0.179 e. The molecular formula is C19H22O3S. The van der Waals surface area contributed by atoms with E-state index >= 15 is 0 Å². The van der Waals surface area contributed by atoms with Crippen LogP contribution in [0.15, 0.2) is 53.4 Å². The van der Waals surface area contributed by atoms with Crippen molar-refractivity contribution in [2.24, 2.45) is 5.41 Å². The zero-order valence-corrected chi connectivity index (χ0v) is 14.6. The monoisotopic (exact) mass is 330 g/mol. The summed E-state index contributed by atoms with van der Waals surface area (Å²) in [5, 5.41) is 0. The van der Waals surface area contributed by atoms with Crippen molar-refractivity contribution in [2.45, 2.75) is 32.1 Å². The predicted molar refractivity (Wildman–Crippen MR) is 92.3 cm³/mol. The average molecular weight is 330 g/mol. The molecule has 0 atom stereocenters. The van der Waals surface area contributed by atoms with Gasteiger partial charge in [-0.25, -0.2) is 8.42 Å². The lowest BCUT2D eigenvalue weighted by Gasteiger charge is -2.18. The van der Waals surface area contributed by atoms with Crippen molar-refractivity contribution >= 4 is 16.1 Å². The van der Waals surface area contributed by atoms with E-state index in [1.165, 1.54) is 0 Å². The highest BCUT2D eigenvalue weighted by Gasteiger charge is 2.28. The molecule has 0 saturated carbocycles. The van der Waals surface area contributed by atoms with Gasteiger partial charge in [0.2, 0.25) is 0 Å². The largest absolute Gasteiger partial charge is 0.303 e. The van der Waals surface area contributed by atoms with E-state index in [2.05, 4.69) is 0 Å². The topological polar surface area (TPSA) is 51.2 Å². The summed E-state index contributed by atoms with van der Waals surface area (Å²) in [4.78, 5) is 11.4. The van der Waals surface area contributed by atoms with E-state index in [9.17, 15) is 13.2 Å². The third-order valence-corrected chi connectivity index (χ3v) is 5.86. The molecule has 23 heavy (non-hydrogen) atoms. The van der Waals surface area contributed by atoms with Gasteiger partial charge < -0.3 is 4.79 Å². The Hall–Kier alpha value is -1.94. The summed E-state index contributed by atoms with van der Waals surface area (Å²) in [5.41, 5.74) is 1.96. The number of rotatable bonds is 6. The molecule has 4 heteroatoms. The van der Waals surface area contributed by atoms with Gasteiger partial charge in [0.1, 0.15) is 6.29 Å². The molecule has 0 fully saturated rings. The average Bonchev–Trinajstić information content (AvgIpc) is 2.47. The van der Waals surface area contributed by atoms with Crippen molar-refractivity contribution < 1.29 is 13.2 Å². The van der Waals surface area contributed by atoms with Crippen LogP contribution in [-0.4, -0.2) is 20.5 Å². The summed E-state index contributed by atoms with van der Waals surface area (Å²) < 4.78 is 25.5. The number of aldehydes is 1. The Morgan fingerprint density at radius 1 is 1.04 bits per heavy atom. The van der Waals surface area contributed by atoms with Crippen molar-refractivity contribution in [1.82, 2.24) is 0 Å². The van der Waals surface area contributed by atoms with Crippen molar-refractivity contribution in [3.8, 4) is 0 Å². The molecular weight excluding hydrogens is 308 g/mol. The molecule has 0 spiro atoms. The summed E-state index contributed by atoms with van der Waals surface area (Å²) in [6.07, 6.45) is 1.26. The van der Waals surface area contributed by atoms with Gasteiger partial charge in [0.25, 0.3) is 0 Å². The van der Waals surface area contributed by atoms with Gasteiger partial charge in [-0.05, 0) is 30.5 Å². The third kappa shape index (κ3) is 4.52. The summed E-state index contributed by atoms with van der Waals surface area (Å²) in [7, 11) is -3.53. The fourth-order valence-corrected chi connectivity index (χ4v) is 4.58. The van der Waals surface area contributed by atoms with Crippen LogP contribution in [0, 0.1) is 12.3 Å². The Kier molecular flexibility index (Phi) is 5.05. The smallest absolute Gasteiger partial charge is 0.179 e. The molecule has 0 aliphatic heterocycles. The molecule has 2 aromatic carbocycles. The molecule has 0 radical (unpaired) electrons. The number of hydrogen-bond acceptors (Lipinski definition) is 3. The van der Waals surface area contributed by atoms with Gasteiger partial charge in [-0.15, -0.1) is 0 Å². The first-order valence-corrected chi connectivity index (χ1v) is 9.21. The molecule has 0 N–H and O–H groups in total. The quantitative estimate of drug-likeness (QED) is 0.761. The van der Waals surface area contributed by atoms with Crippen LogP contribution < -0.4 is 0 Å². The highest BCUT2D eigenvalue weighted by atomic mass is 32.2. The standard InChI is InChI=1S/C19H22O3S/c1-15-9-10-18(23(21,22)14-19(2,3)13-20)17(11-15)12-16-7-5-4-6-8-16/h4-11,13H,12,14H2,1-3H3. The van der Waals surface area contributed by atoms with Crippen LogP contribution in [0.3, 0.4) is 0 Å². The van der Waals surface area contributed by atoms with Gasteiger partial charge >= 0.3 is 0 Å². The fourth-order valence-electron chi connectivity index (χ4n) is 2.57. The van der Waals surface area contributed by atoms with E-state index in [1.807, 2.05) is 43.3 Å². The first-order chi connectivity index (χ1) is 10.7. The first kappa shape index (κ1) is 17.4. The minimum atomic E-state index is -3.53. The van der Waals surface area contributed by atoms with E-state index < -0.39 is 15.3 Å². The van der Waals surface area contributed by atoms with Gasteiger partial charge in [0, 0.05) is 5.41 Å². The van der Waals surface area contributed by atoms with Crippen LogP contribution in [0.5, 0.6) is 0 Å². The second kappa shape index (κ2) is 6.67. The number of benzene rings is 2.